The summed E-state index contributed by atoms with van der Waals surface area (Å²) in [6, 6.07) is 8.64. The van der Waals surface area contributed by atoms with Gasteiger partial charge in [0.2, 0.25) is 0 Å². The van der Waals surface area contributed by atoms with E-state index in [1.165, 1.54) is 6.21 Å². The molecule has 0 aliphatic heterocycles. The van der Waals surface area contributed by atoms with Gasteiger partial charge in [0, 0.05) is 18.4 Å². The lowest BCUT2D eigenvalue weighted by Gasteiger charge is -2.00. The lowest BCUT2D eigenvalue weighted by atomic mass is 10.1. The fourth-order valence-electron chi connectivity index (χ4n) is 2.51. The van der Waals surface area contributed by atoms with Crippen molar-refractivity contribution in [2.75, 3.05) is 0 Å². The van der Waals surface area contributed by atoms with E-state index in [1.54, 1.807) is 24.3 Å². The topological polar surface area (TPSA) is 59.6 Å². The highest BCUT2D eigenvalue weighted by Gasteiger charge is 2.14. The van der Waals surface area contributed by atoms with Crippen molar-refractivity contribution in [3.63, 3.8) is 0 Å². The molecule has 2 aromatic rings. The van der Waals surface area contributed by atoms with Crippen molar-refractivity contribution < 1.29 is 12.8 Å². The molecule has 0 fully saturated rings. The van der Waals surface area contributed by atoms with Crippen LogP contribution in [0.25, 0.3) is 0 Å². The second-order valence-corrected chi connectivity index (χ2v) is 7.95. The molecule has 1 aromatic carbocycles. The maximum absolute atomic E-state index is 12.4. The Morgan fingerprint density at radius 2 is 1.68 bits per heavy atom. The van der Waals surface area contributed by atoms with Gasteiger partial charge in [-0.1, -0.05) is 44.4 Å². The van der Waals surface area contributed by atoms with Crippen LogP contribution in [-0.2, 0) is 22.9 Å². The van der Waals surface area contributed by atoms with Crippen LogP contribution in [0.2, 0.25) is 0 Å². The monoisotopic (exact) mass is 361 g/mol. The van der Waals surface area contributed by atoms with E-state index >= 15 is 0 Å². The zero-order chi connectivity index (χ0) is 18.3. The fraction of sp³-hybridized carbons (Fsp3) is 0.450. The number of furan rings is 1. The van der Waals surface area contributed by atoms with Gasteiger partial charge in [-0.05, 0) is 38.0 Å². The molecule has 5 heteroatoms. The molecule has 0 aliphatic carbocycles. The van der Waals surface area contributed by atoms with Gasteiger partial charge in [0.05, 0.1) is 11.1 Å². The molecule has 0 saturated heterocycles. The highest BCUT2D eigenvalue weighted by molar-refractivity contribution is 7.90. The van der Waals surface area contributed by atoms with Crippen molar-refractivity contribution in [2.24, 2.45) is 4.40 Å². The van der Waals surface area contributed by atoms with Gasteiger partial charge >= 0.3 is 0 Å². The summed E-state index contributed by atoms with van der Waals surface area (Å²) in [6.07, 6.45) is 7.31. The quantitative estimate of drug-likeness (QED) is 0.585. The molecule has 25 heavy (non-hydrogen) atoms. The molecule has 1 heterocycles. The maximum Gasteiger partial charge on any atom is 0.282 e. The number of rotatable bonds is 9. The SMILES string of the molecule is CCCCc1cc(/C=N\S(=O)(=O)c2ccc(C)cc2)c(CCCC)o1. The van der Waals surface area contributed by atoms with E-state index in [-0.39, 0.29) is 4.90 Å². The van der Waals surface area contributed by atoms with Crippen molar-refractivity contribution in [3.8, 4) is 0 Å². The molecule has 0 unspecified atom stereocenters. The third kappa shape index (κ3) is 5.56. The molecule has 1 aromatic heterocycles. The fourth-order valence-corrected chi connectivity index (χ4v) is 3.37. The Morgan fingerprint density at radius 3 is 2.32 bits per heavy atom. The molecule has 0 aliphatic rings. The minimum atomic E-state index is -3.69. The lowest BCUT2D eigenvalue weighted by Crippen LogP contribution is -1.98. The first kappa shape index (κ1) is 19.4. The van der Waals surface area contributed by atoms with Gasteiger partial charge < -0.3 is 4.42 Å². The molecule has 4 nitrogen and oxygen atoms in total. The van der Waals surface area contributed by atoms with Gasteiger partial charge in [-0.15, -0.1) is 0 Å². The summed E-state index contributed by atoms with van der Waals surface area (Å²) in [5, 5.41) is 0. The van der Waals surface area contributed by atoms with Crippen LogP contribution < -0.4 is 0 Å². The first-order valence-electron chi connectivity index (χ1n) is 8.95. The van der Waals surface area contributed by atoms with E-state index in [4.69, 9.17) is 4.42 Å². The number of hydrogen-bond acceptors (Lipinski definition) is 3. The number of hydrogen-bond donors (Lipinski definition) is 0. The Kier molecular flexibility index (Phi) is 7.00. The Labute approximate surface area is 151 Å². The van der Waals surface area contributed by atoms with E-state index < -0.39 is 10.0 Å². The van der Waals surface area contributed by atoms with Crippen LogP contribution in [0, 0.1) is 6.92 Å². The average Bonchev–Trinajstić information content (AvgIpc) is 2.99. The molecular weight excluding hydrogens is 334 g/mol. The van der Waals surface area contributed by atoms with Crippen molar-refractivity contribution in [1.82, 2.24) is 0 Å². The van der Waals surface area contributed by atoms with E-state index in [0.29, 0.717) is 0 Å². The second-order valence-electron chi connectivity index (χ2n) is 6.32. The highest BCUT2D eigenvalue weighted by atomic mass is 32.2. The van der Waals surface area contributed by atoms with E-state index in [0.717, 1.165) is 61.2 Å². The summed E-state index contributed by atoms with van der Waals surface area (Å²) in [6.45, 7) is 6.18. The number of aryl methyl sites for hydroxylation is 3. The number of unbranched alkanes of at least 4 members (excludes halogenated alkanes) is 2. The number of benzene rings is 1. The van der Waals surface area contributed by atoms with Gasteiger partial charge in [-0.25, -0.2) is 0 Å². The molecule has 0 radical (unpaired) electrons. The van der Waals surface area contributed by atoms with Crippen LogP contribution in [0.3, 0.4) is 0 Å². The molecule has 0 spiro atoms. The molecule has 2 rings (SSSR count). The largest absolute Gasteiger partial charge is 0.465 e. The van der Waals surface area contributed by atoms with Crippen LogP contribution in [0.5, 0.6) is 0 Å². The van der Waals surface area contributed by atoms with Crippen LogP contribution >= 0.6 is 0 Å². The lowest BCUT2D eigenvalue weighted by molar-refractivity contribution is 0.453. The van der Waals surface area contributed by atoms with Crippen molar-refractivity contribution in [3.05, 3.63) is 53.0 Å². The molecule has 0 atom stereocenters. The molecular formula is C20H27NO3S. The Balaban J connectivity index is 2.25. The highest BCUT2D eigenvalue weighted by Crippen LogP contribution is 2.20. The minimum Gasteiger partial charge on any atom is -0.465 e. The molecule has 0 amide bonds. The van der Waals surface area contributed by atoms with Gasteiger partial charge in [0.15, 0.2) is 0 Å². The molecule has 0 bridgehead atoms. The average molecular weight is 362 g/mol. The van der Waals surface area contributed by atoms with Crippen molar-refractivity contribution in [1.29, 1.82) is 0 Å². The van der Waals surface area contributed by atoms with E-state index in [1.807, 2.05) is 13.0 Å². The zero-order valence-electron chi connectivity index (χ0n) is 15.3. The Hall–Kier alpha value is -1.88. The first-order valence-corrected chi connectivity index (χ1v) is 10.4. The smallest absolute Gasteiger partial charge is 0.282 e. The number of sulfonamides is 1. The normalized spacial score (nSPS) is 12.1. The van der Waals surface area contributed by atoms with Crippen LogP contribution in [0.4, 0.5) is 0 Å². The van der Waals surface area contributed by atoms with E-state index in [9.17, 15) is 8.42 Å². The predicted octanol–water partition coefficient (Wildman–Crippen LogP) is 5.08. The van der Waals surface area contributed by atoms with Crippen molar-refractivity contribution >= 4 is 16.2 Å². The Bertz CT molecular complexity index is 802. The van der Waals surface area contributed by atoms with E-state index in [2.05, 4.69) is 18.2 Å². The third-order valence-electron chi connectivity index (χ3n) is 4.08. The molecule has 0 saturated carbocycles. The summed E-state index contributed by atoms with van der Waals surface area (Å²) in [5.74, 6) is 1.73. The zero-order valence-corrected chi connectivity index (χ0v) is 16.1. The van der Waals surface area contributed by atoms with Gasteiger partial charge in [0.25, 0.3) is 10.0 Å². The van der Waals surface area contributed by atoms with Gasteiger partial charge in [-0.3, -0.25) is 0 Å². The van der Waals surface area contributed by atoms with Crippen LogP contribution in [0.15, 0.2) is 44.0 Å². The summed E-state index contributed by atoms with van der Waals surface area (Å²) in [7, 11) is -3.69. The van der Waals surface area contributed by atoms with Crippen molar-refractivity contribution in [2.45, 2.75) is 64.2 Å². The summed E-state index contributed by atoms with van der Waals surface area (Å²) >= 11 is 0. The summed E-state index contributed by atoms with van der Waals surface area (Å²) in [4.78, 5) is 0.208. The van der Waals surface area contributed by atoms with Crippen LogP contribution in [-0.4, -0.2) is 14.6 Å². The Morgan fingerprint density at radius 1 is 1.04 bits per heavy atom. The number of nitrogens with zero attached hydrogens (tertiary/aromatic N) is 1. The first-order chi connectivity index (χ1) is 12.0. The summed E-state index contributed by atoms with van der Waals surface area (Å²) in [5.41, 5.74) is 1.79. The second kappa shape index (κ2) is 8.99. The maximum atomic E-state index is 12.4. The molecule has 136 valence electrons. The standard InChI is InChI=1S/C20H27NO3S/c1-4-6-8-18-14-17(20(24-18)9-7-5-2)15-21-25(22,23)19-12-10-16(3)11-13-19/h10-15H,4-9H2,1-3H3/b21-15-. The van der Waals surface area contributed by atoms with Gasteiger partial charge in [0.1, 0.15) is 11.5 Å². The third-order valence-corrected chi connectivity index (χ3v) is 5.33. The van der Waals surface area contributed by atoms with Crippen LogP contribution in [0.1, 0.15) is 62.2 Å². The van der Waals surface area contributed by atoms with Gasteiger partial charge in [-0.2, -0.15) is 12.8 Å². The molecule has 0 N–H and O–H groups in total. The predicted molar refractivity (Wildman–Crippen MR) is 102 cm³/mol. The summed E-state index contributed by atoms with van der Waals surface area (Å²) < 4.78 is 34.6. The minimum absolute atomic E-state index is 0.208.